The first-order chi connectivity index (χ1) is 14.0. The second-order valence-electron chi connectivity index (χ2n) is 5.91. The van der Waals surface area contributed by atoms with Crippen LogP contribution in [0.4, 0.5) is 21.6 Å². The molecule has 3 rings (SSSR count). The number of aromatic nitrogens is 1. The van der Waals surface area contributed by atoms with Gasteiger partial charge in [0.2, 0.25) is 0 Å². The van der Waals surface area contributed by atoms with Gasteiger partial charge in [0.15, 0.2) is 11.5 Å². The van der Waals surface area contributed by atoms with Crippen LogP contribution in [0.5, 0.6) is 5.75 Å². The summed E-state index contributed by atoms with van der Waals surface area (Å²) in [5, 5.41) is 14.2. The van der Waals surface area contributed by atoms with E-state index in [1.54, 1.807) is 36.5 Å². The highest BCUT2D eigenvalue weighted by molar-refractivity contribution is 6.07. The molecule has 0 radical (unpaired) electrons. The maximum absolute atomic E-state index is 13.1. The van der Waals surface area contributed by atoms with Crippen LogP contribution >= 0.6 is 0 Å². The van der Waals surface area contributed by atoms with E-state index in [1.165, 1.54) is 43.5 Å². The van der Waals surface area contributed by atoms with Crippen molar-refractivity contribution in [1.29, 1.82) is 0 Å². The average Bonchev–Trinajstić information content (AvgIpc) is 2.74. The predicted octanol–water partition coefficient (Wildman–Crippen LogP) is 4.78. The molecule has 146 valence electrons. The molecular weight excluding hydrogens is 377 g/mol. The van der Waals surface area contributed by atoms with E-state index in [9.17, 15) is 19.3 Å². The Morgan fingerprint density at radius 3 is 2.66 bits per heavy atom. The van der Waals surface area contributed by atoms with Crippen LogP contribution < -0.4 is 10.1 Å². The Balaban J connectivity index is 1.83. The van der Waals surface area contributed by atoms with Crippen LogP contribution in [-0.4, -0.2) is 22.8 Å². The van der Waals surface area contributed by atoms with Gasteiger partial charge in [-0.15, -0.1) is 0 Å². The van der Waals surface area contributed by atoms with E-state index in [-0.39, 0.29) is 22.8 Å². The molecule has 0 unspecified atom stereocenters. The Morgan fingerprint density at radius 1 is 1.21 bits per heavy atom. The summed E-state index contributed by atoms with van der Waals surface area (Å²) >= 11 is 0. The molecule has 8 heteroatoms. The minimum Gasteiger partial charge on any atom is -0.490 e. The zero-order chi connectivity index (χ0) is 20.8. The minimum atomic E-state index is -0.606. The number of halogens is 1. The zero-order valence-corrected chi connectivity index (χ0v) is 15.3. The van der Waals surface area contributed by atoms with Crippen molar-refractivity contribution < 1.29 is 18.8 Å². The number of pyridine rings is 1. The highest BCUT2D eigenvalue weighted by atomic mass is 19.1. The molecule has 0 saturated heterocycles. The molecule has 29 heavy (non-hydrogen) atoms. The maximum Gasteiger partial charge on any atom is 0.311 e. The number of nitro groups is 1. The summed E-state index contributed by atoms with van der Waals surface area (Å²) < 4.78 is 18.0. The maximum atomic E-state index is 13.1. The first-order valence-corrected chi connectivity index (χ1v) is 8.50. The van der Waals surface area contributed by atoms with Crippen molar-refractivity contribution in [2.24, 2.45) is 0 Å². The number of nitro benzene ring substituents is 1. The smallest absolute Gasteiger partial charge is 0.311 e. The molecule has 3 aromatic rings. The fourth-order valence-corrected chi connectivity index (χ4v) is 2.57. The Labute approximate surface area is 165 Å². The number of hydrogen-bond acceptors (Lipinski definition) is 6. The van der Waals surface area contributed by atoms with Crippen LogP contribution in [0.25, 0.3) is 6.08 Å². The van der Waals surface area contributed by atoms with Gasteiger partial charge in [0.25, 0.3) is 0 Å². The van der Waals surface area contributed by atoms with Gasteiger partial charge >= 0.3 is 5.69 Å². The van der Waals surface area contributed by atoms with Gasteiger partial charge in [-0.05, 0) is 60.7 Å². The Morgan fingerprint density at radius 2 is 1.97 bits per heavy atom. The van der Waals surface area contributed by atoms with Crippen LogP contribution in [0.2, 0.25) is 0 Å². The van der Waals surface area contributed by atoms with Gasteiger partial charge in [0.05, 0.1) is 12.0 Å². The molecule has 0 bridgehead atoms. The highest BCUT2D eigenvalue weighted by Gasteiger charge is 2.17. The standard InChI is InChI=1S/C21H16FN3O4/c1-29-20-11-5-15(13-18(20)25(27)28)19(26)10-4-14-3-2-12-23-21(14)24-17-8-6-16(22)7-9-17/h2-13H,1H3,(H,23,24)/b10-4+. The number of rotatable bonds is 7. The van der Waals surface area contributed by atoms with Crippen LogP contribution in [0, 0.1) is 15.9 Å². The van der Waals surface area contributed by atoms with Crippen LogP contribution in [-0.2, 0) is 0 Å². The zero-order valence-electron chi connectivity index (χ0n) is 15.3. The van der Waals surface area contributed by atoms with Crippen LogP contribution in [0.1, 0.15) is 15.9 Å². The van der Waals surface area contributed by atoms with E-state index in [4.69, 9.17) is 4.74 Å². The third-order valence-corrected chi connectivity index (χ3v) is 4.02. The minimum absolute atomic E-state index is 0.0774. The molecule has 1 heterocycles. The molecule has 0 aliphatic carbocycles. The first-order valence-electron chi connectivity index (χ1n) is 8.50. The monoisotopic (exact) mass is 393 g/mol. The van der Waals surface area contributed by atoms with E-state index in [0.717, 1.165) is 0 Å². The number of ketones is 1. The number of nitrogens with zero attached hydrogens (tertiary/aromatic N) is 2. The lowest BCUT2D eigenvalue weighted by Crippen LogP contribution is -2.00. The van der Waals surface area contributed by atoms with E-state index >= 15 is 0 Å². The van der Waals surface area contributed by atoms with Crippen molar-refractivity contribution >= 4 is 29.1 Å². The lowest BCUT2D eigenvalue weighted by Gasteiger charge is -2.08. The highest BCUT2D eigenvalue weighted by Crippen LogP contribution is 2.28. The average molecular weight is 393 g/mol. The fraction of sp³-hybridized carbons (Fsp3) is 0.0476. The summed E-state index contributed by atoms with van der Waals surface area (Å²) in [4.78, 5) is 27.2. The van der Waals surface area contributed by atoms with Crippen LogP contribution in [0.15, 0.2) is 66.9 Å². The number of benzene rings is 2. The number of carbonyl (C=O) groups excluding carboxylic acids is 1. The molecule has 0 aliphatic rings. The van der Waals surface area contributed by atoms with Gasteiger partial charge in [-0.2, -0.15) is 0 Å². The van der Waals surface area contributed by atoms with E-state index < -0.39 is 10.7 Å². The SMILES string of the molecule is COc1ccc(C(=O)/C=C/c2cccnc2Nc2ccc(F)cc2)cc1[N+](=O)[O-]. The molecule has 0 fully saturated rings. The van der Waals surface area contributed by atoms with Crippen molar-refractivity contribution in [2.45, 2.75) is 0 Å². The van der Waals surface area contributed by atoms with Crippen molar-refractivity contribution in [3.8, 4) is 5.75 Å². The second kappa shape index (κ2) is 8.75. The molecule has 1 aromatic heterocycles. The van der Waals surface area contributed by atoms with E-state index in [2.05, 4.69) is 10.3 Å². The number of anilines is 2. The lowest BCUT2D eigenvalue weighted by molar-refractivity contribution is -0.385. The Hall–Kier alpha value is -4.07. The van der Waals surface area contributed by atoms with Gasteiger partial charge < -0.3 is 10.1 Å². The number of ether oxygens (including phenoxy) is 1. The summed E-state index contributed by atoms with van der Waals surface area (Å²) in [6, 6.07) is 13.2. The normalized spacial score (nSPS) is 10.7. The van der Waals surface area contributed by atoms with Gasteiger partial charge in [0.1, 0.15) is 11.6 Å². The largest absolute Gasteiger partial charge is 0.490 e. The molecule has 0 saturated carbocycles. The first kappa shape index (κ1) is 19.7. The van der Waals surface area contributed by atoms with Crippen molar-refractivity contribution in [2.75, 3.05) is 12.4 Å². The summed E-state index contributed by atoms with van der Waals surface area (Å²) in [6.07, 6.45) is 4.44. The number of methoxy groups -OCH3 is 1. The summed E-state index contributed by atoms with van der Waals surface area (Å²) in [5.41, 5.74) is 1.13. The molecule has 0 aliphatic heterocycles. The van der Waals surface area contributed by atoms with E-state index in [1.807, 2.05) is 0 Å². The van der Waals surface area contributed by atoms with Crippen LogP contribution in [0.3, 0.4) is 0 Å². The second-order valence-corrected chi connectivity index (χ2v) is 5.91. The summed E-state index contributed by atoms with van der Waals surface area (Å²) in [6.45, 7) is 0. The van der Waals surface area contributed by atoms with Gasteiger partial charge in [-0.1, -0.05) is 0 Å². The molecule has 0 spiro atoms. The molecule has 7 nitrogen and oxygen atoms in total. The number of allylic oxidation sites excluding steroid dienone is 1. The Kier molecular flexibility index (Phi) is 5.94. The number of hydrogen-bond donors (Lipinski definition) is 1. The lowest BCUT2D eigenvalue weighted by atomic mass is 10.1. The number of carbonyl (C=O) groups is 1. The molecular formula is C21H16FN3O4. The van der Waals surface area contributed by atoms with Gasteiger partial charge in [-0.25, -0.2) is 9.37 Å². The quantitative estimate of drug-likeness (QED) is 0.269. The molecule has 2 aromatic carbocycles. The number of nitrogens with one attached hydrogen (secondary N) is 1. The van der Waals surface area contributed by atoms with E-state index in [0.29, 0.717) is 17.1 Å². The predicted molar refractivity (Wildman–Crippen MR) is 107 cm³/mol. The fourth-order valence-electron chi connectivity index (χ4n) is 2.57. The summed E-state index contributed by atoms with van der Waals surface area (Å²) in [5.74, 6) is -0.208. The van der Waals surface area contributed by atoms with Crippen molar-refractivity contribution in [1.82, 2.24) is 4.98 Å². The molecule has 0 amide bonds. The third-order valence-electron chi connectivity index (χ3n) is 4.02. The molecule has 1 N–H and O–H groups in total. The van der Waals surface area contributed by atoms with Crippen molar-refractivity contribution in [3.63, 3.8) is 0 Å². The molecule has 0 atom stereocenters. The van der Waals surface area contributed by atoms with Gasteiger partial charge in [-0.3, -0.25) is 14.9 Å². The Bertz CT molecular complexity index is 1080. The van der Waals surface area contributed by atoms with Gasteiger partial charge in [0, 0.05) is 29.1 Å². The topological polar surface area (TPSA) is 94.4 Å². The summed E-state index contributed by atoms with van der Waals surface area (Å²) in [7, 11) is 1.32. The van der Waals surface area contributed by atoms with Crippen molar-refractivity contribution in [3.05, 3.63) is 93.9 Å². The third kappa shape index (κ3) is 4.81.